The Balaban J connectivity index is 1.56. The minimum atomic E-state index is -4.58. The lowest BCUT2D eigenvalue weighted by molar-refractivity contribution is -0.149. The number of carbonyl (C=O) groups excluding carboxylic acids is 2. The summed E-state index contributed by atoms with van der Waals surface area (Å²) in [4.78, 5) is 27.2. The predicted molar refractivity (Wildman–Crippen MR) is 85.0 cm³/mol. The molecule has 2 N–H and O–H groups in total. The minimum Gasteiger partial charge on any atom is -0.367 e. The maximum atomic E-state index is 12.9. The second-order valence-electron chi connectivity index (χ2n) is 6.79. The molecule has 1 aromatic heterocycles. The fourth-order valence-electron chi connectivity index (χ4n) is 3.23. The Morgan fingerprint density at radius 2 is 2.11 bits per heavy atom. The molecule has 1 saturated heterocycles. The fraction of sp³-hybridized carbons (Fsp3) is 0.733. The molecule has 27 heavy (non-hydrogen) atoms. The van der Waals surface area contributed by atoms with Gasteiger partial charge in [0, 0.05) is 38.6 Å². The first-order valence-corrected chi connectivity index (χ1v) is 8.57. The number of hydrogen-bond donors (Lipinski definition) is 1. The van der Waals surface area contributed by atoms with Crippen LogP contribution in [0.5, 0.6) is 0 Å². The molecule has 12 heteroatoms. The summed E-state index contributed by atoms with van der Waals surface area (Å²) in [6.07, 6.45) is -4.69. The van der Waals surface area contributed by atoms with E-state index >= 15 is 0 Å². The molecule has 150 valence electrons. The van der Waals surface area contributed by atoms with Crippen molar-refractivity contribution in [1.82, 2.24) is 24.6 Å². The number of fused-ring (bicyclic) bond motifs is 1. The first kappa shape index (κ1) is 19.5. The van der Waals surface area contributed by atoms with Crippen LogP contribution in [0.25, 0.3) is 0 Å². The lowest BCUT2D eigenvalue weighted by Gasteiger charge is -2.33. The van der Waals surface area contributed by atoms with E-state index < -0.39 is 18.0 Å². The number of halogens is 3. The van der Waals surface area contributed by atoms with E-state index in [1.165, 1.54) is 4.90 Å². The SMILES string of the molecule is C[C@H]1CN(C[C@H](N)CC(=O)N2CCn3c(nnc3C(F)(F)F)C2)C(=O)CO1. The van der Waals surface area contributed by atoms with E-state index in [4.69, 9.17) is 10.5 Å². The molecule has 3 heterocycles. The Morgan fingerprint density at radius 1 is 1.37 bits per heavy atom. The van der Waals surface area contributed by atoms with Crippen molar-refractivity contribution in [3.05, 3.63) is 11.6 Å². The maximum absolute atomic E-state index is 12.9. The molecule has 0 spiro atoms. The second kappa shape index (κ2) is 7.43. The van der Waals surface area contributed by atoms with E-state index in [1.807, 2.05) is 6.92 Å². The summed E-state index contributed by atoms with van der Waals surface area (Å²) in [7, 11) is 0. The number of alkyl halides is 3. The van der Waals surface area contributed by atoms with Crippen LogP contribution in [0.2, 0.25) is 0 Å². The molecule has 0 aromatic carbocycles. The van der Waals surface area contributed by atoms with E-state index in [-0.39, 0.29) is 62.9 Å². The van der Waals surface area contributed by atoms with Gasteiger partial charge in [-0.3, -0.25) is 9.59 Å². The highest BCUT2D eigenvalue weighted by atomic mass is 19.4. The van der Waals surface area contributed by atoms with Gasteiger partial charge in [0.15, 0.2) is 5.82 Å². The van der Waals surface area contributed by atoms with Crippen molar-refractivity contribution >= 4 is 11.8 Å². The molecular weight excluding hydrogens is 369 g/mol. The van der Waals surface area contributed by atoms with Crippen LogP contribution in [-0.2, 0) is 33.6 Å². The van der Waals surface area contributed by atoms with Gasteiger partial charge >= 0.3 is 6.18 Å². The summed E-state index contributed by atoms with van der Waals surface area (Å²) in [6.45, 7) is 2.50. The van der Waals surface area contributed by atoms with E-state index in [9.17, 15) is 22.8 Å². The van der Waals surface area contributed by atoms with Crippen LogP contribution in [0.3, 0.4) is 0 Å². The molecule has 1 aromatic rings. The smallest absolute Gasteiger partial charge is 0.367 e. The van der Waals surface area contributed by atoms with Gasteiger partial charge in [0.25, 0.3) is 0 Å². The topological polar surface area (TPSA) is 107 Å². The highest BCUT2D eigenvalue weighted by molar-refractivity contribution is 5.79. The van der Waals surface area contributed by atoms with Crippen molar-refractivity contribution < 1.29 is 27.5 Å². The van der Waals surface area contributed by atoms with Crippen LogP contribution in [0.15, 0.2) is 0 Å². The average molecular weight is 390 g/mol. The number of nitrogens with zero attached hydrogens (tertiary/aromatic N) is 5. The lowest BCUT2D eigenvalue weighted by Crippen LogP contribution is -2.51. The molecule has 9 nitrogen and oxygen atoms in total. The van der Waals surface area contributed by atoms with Crippen molar-refractivity contribution in [2.24, 2.45) is 5.73 Å². The summed E-state index contributed by atoms with van der Waals surface area (Å²) in [6, 6.07) is -0.572. The fourth-order valence-corrected chi connectivity index (χ4v) is 3.23. The number of carbonyl (C=O) groups is 2. The van der Waals surface area contributed by atoms with Crippen LogP contribution in [0.1, 0.15) is 25.0 Å². The highest BCUT2D eigenvalue weighted by Gasteiger charge is 2.40. The van der Waals surface area contributed by atoms with Crippen LogP contribution in [-0.4, -0.2) is 74.8 Å². The molecule has 0 unspecified atom stereocenters. The zero-order valence-electron chi connectivity index (χ0n) is 14.8. The van der Waals surface area contributed by atoms with E-state index in [2.05, 4.69) is 10.2 Å². The summed E-state index contributed by atoms with van der Waals surface area (Å²) in [5.41, 5.74) is 6.01. The van der Waals surface area contributed by atoms with Gasteiger partial charge in [-0.2, -0.15) is 13.2 Å². The number of ether oxygens (including phenoxy) is 1. The third kappa shape index (κ3) is 4.38. The Labute approximate surface area is 153 Å². The Hall–Kier alpha value is -2.21. The third-order valence-corrected chi connectivity index (χ3v) is 4.57. The molecule has 2 aliphatic rings. The average Bonchev–Trinajstić information content (AvgIpc) is 3.01. The van der Waals surface area contributed by atoms with Gasteiger partial charge in [0.2, 0.25) is 17.6 Å². The van der Waals surface area contributed by atoms with Gasteiger partial charge in [-0.1, -0.05) is 0 Å². The number of morpholine rings is 1. The molecule has 2 aliphatic heterocycles. The van der Waals surface area contributed by atoms with Gasteiger partial charge in [-0.25, -0.2) is 0 Å². The van der Waals surface area contributed by atoms with Crippen molar-refractivity contribution in [3.63, 3.8) is 0 Å². The van der Waals surface area contributed by atoms with Gasteiger partial charge in [0.1, 0.15) is 6.61 Å². The molecule has 2 atom stereocenters. The zero-order chi connectivity index (χ0) is 19.8. The number of rotatable bonds is 4. The van der Waals surface area contributed by atoms with E-state index in [1.54, 1.807) is 4.90 Å². The second-order valence-corrected chi connectivity index (χ2v) is 6.79. The molecule has 2 amide bonds. The van der Waals surface area contributed by atoms with Gasteiger partial charge in [-0.05, 0) is 6.92 Å². The number of hydrogen-bond acceptors (Lipinski definition) is 6. The molecule has 1 fully saturated rings. The Bertz CT molecular complexity index is 722. The van der Waals surface area contributed by atoms with Crippen molar-refractivity contribution in [1.29, 1.82) is 0 Å². The summed E-state index contributed by atoms with van der Waals surface area (Å²) < 4.78 is 44.8. The number of aromatic nitrogens is 3. The van der Waals surface area contributed by atoms with Crippen LogP contribution < -0.4 is 5.73 Å². The molecule has 0 bridgehead atoms. The molecule has 3 rings (SSSR count). The van der Waals surface area contributed by atoms with Gasteiger partial charge in [0.05, 0.1) is 12.6 Å². The molecular formula is C15H21F3N6O3. The predicted octanol–water partition coefficient (Wildman–Crippen LogP) is -0.396. The Morgan fingerprint density at radius 3 is 2.81 bits per heavy atom. The largest absolute Gasteiger partial charge is 0.451 e. The molecule has 0 aliphatic carbocycles. The standard InChI is InChI=1S/C15H21F3N6O3/c1-9-5-23(13(26)8-27-9)6-10(19)4-12(25)22-2-3-24-11(7-22)20-21-14(24)15(16,17)18/h9-10H,2-8,19H2,1H3/t9-,10+/m0/s1. The summed E-state index contributed by atoms with van der Waals surface area (Å²) in [5, 5.41) is 6.73. The normalized spacial score (nSPS) is 22.0. The molecule has 0 radical (unpaired) electrons. The zero-order valence-corrected chi connectivity index (χ0v) is 14.8. The highest BCUT2D eigenvalue weighted by Crippen LogP contribution is 2.29. The van der Waals surface area contributed by atoms with Crippen LogP contribution in [0, 0.1) is 0 Å². The molecule has 0 saturated carbocycles. The van der Waals surface area contributed by atoms with Gasteiger partial charge < -0.3 is 24.8 Å². The summed E-state index contributed by atoms with van der Waals surface area (Å²) >= 11 is 0. The van der Waals surface area contributed by atoms with Gasteiger partial charge in [-0.15, -0.1) is 10.2 Å². The lowest BCUT2D eigenvalue weighted by atomic mass is 10.1. The number of amides is 2. The van der Waals surface area contributed by atoms with Crippen molar-refractivity contribution in [3.8, 4) is 0 Å². The monoisotopic (exact) mass is 390 g/mol. The van der Waals surface area contributed by atoms with E-state index in [0.29, 0.717) is 6.54 Å². The first-order chi connectivity index (χ1) is 12.6. The van der Waals surface area contributed by atoms with E-state index in [0.717, 1.165) is 4.57 Å². The van der Waals surface area contributed by atoms with Crippen LogP contribution >= 0.6 is 0 Å². The number of nitrogens with two attached hydrogens (primary N) is 1. The summed E-state index contributed by atoms with van der Waals surface area (Å²) in [5.74, 6) is -1.44. The minimum absolute atomic E-state index is 0.00877. The third-order valence-electron chi connectivity index (χ3n) is 4.57. The van der Waals surface area contributed by atoms with Crippen LogP contribution in [0.4, 0.5) is 13.2 Å². The van der Waals surface area contributed by atoms with Crippen molar-refractivity contribution in [2.75, 3.05) is 26.2 Å². The quantitative estimate of drug-likeness (QED) is 0.750. The first-order valence-electron chi connectivity index (χ1n) is 8.57. The Kier molecular flexibility index (Phi) is 5.38. The maximum Gasteiger partial charge on any atom is 0.451 e. The van der Waals surface area contributed by atoms with Crippen molar-refractivity contribution in [2.45, 2.75) is 44.8 Å².